The van der Waals surface area contributed by atoms with Crippen molar-refractivity contribution in [2.75, 3.05) is 19.8 Å². The number of hydrogen-bond donors (Lipinski definition) is 1. The van der Waals surface area contributed by atoms with E-state index in [0.717, 1.165) is 0 Å². The van der Waals surface area contributed by atoms with Crippen molar-refractivity contribution < 1.29 is 19.0 Å². The maximum absolute atomic E-state index is 12.0. The van der Waals surface area contributed by atoms with E-state index >= 15 is 0 Å². The van der Waals surface area contributed by atoms with Gasteiger partial charge in [-0.1, -0.05) is 6.07 Å². The van der Waals surface area contributed by atoms with E-state index < -0.39 is 11.5 Å². The highest BCUT2D eigenvalue weighted by molar-refractivity contribution is 5.73. The van der Waals surface area contributed by atoms with Crippen molar-refractivity contribution >= 4 is 5.97 Å². The maximum atomic E-state index is 12.0. The summed E-state index contributed by atoms with van der Waals surface area (Å²) in [6, 6.07) is 8.68. The SMILES string of the molecule is CCOC(=O)COc1ccc(-c2cc(C)[nH]c(=O)c2C#N)cc1OCC. The van der Waals surface area contributed by atoms with Crippen LogP contribution in [0.3, 0.4) is 0 Å². The molecule has 0 radical (unpaired) electrons. The van der Waals surface area contributed by atoms with Crippen LogP contribution in [-0.2, 0) is 9.53 Å². The number of nitrogens with one attached hydrogen (secondary N) is 1. The third kappa shape index (κ3) is 4.42. The molecular weight excluding hydrogens is 336 g/mol. The molecule has 0 atom stereocenters. The first-order chi connectivity index (χ1) is 12.5. The Morgan fingerprint density at radius 2 is 1.92 bits per heavy atom. The van der Waals surface area contributed by atoms with E-state index in [-0.39, 0.29) is 18.8 Å². The number of aromatic nitrogens is 1. The number of carbonyl (C=O) groups excluding carboxylic acids is 1. The summed E-state index contributed by atoms with van der Waals surface area (Å²) in [7, 11) is 0. The zero-order valence-corrected chi connectivity index (χ0v) is 14.9. The van der Waals surface area contributed by atoms with Crippen LogP contribution in [0.15, 0.2) is 29.1 Å². The summed E-state index contributed by atoms with van der Waals surface area (Å²) < 4.78 is 15.9. The lowest BCUT2D eigenvalue weighted by atomic mass is 10.0. The second-order valence-electron chi connectivity index (χ2n) is 5.37. The average Bonchev–Trinajstić information content (AvgIpc) is 2.60. The molecule has 7 nitrogen and oxygen atoms in total. The van der Waals surface area contributed by atoms with Gasteiger partial charge in [0.2, 0.25) is 0 Å². The molecule has 136 valence electrons. The van der Waals surface area contributed by atoms with E-state index in [4.69, 9.17) is 14.2 Å². The molecule has 0 unspecified atom stereocenters. The summed E-state index contributed by atoms with van der Waals surface area (Å²) in [6.07, 6.45) is 0. The van der Waals surface area contributed by atoms with Gasteiger partial charge in [0.1, 0.15) is 11.6 Å². The van der Waals surface area contributed by atoms with Crippen LogP contribution >= 0.6 is 0 Å². The molecule has 2 aromatic rings. The zero-order chi connectivity index (χ0) is 19.1. The molecule has 0 amide bonds. The highest BCUT2D eigenvalue weighted by atomic mass is 16.6. The first kappa shape index (κ1) is 19.1. The second-order valence-corrected chi connectivity index (χ2v) is 5.37. The number of nitriles is 1. The molecule has 1 heterocycles. The molecule has 1 aromatic carbocycles. The van der Waals surface area contributed by atoms with E-state index in [1.165, 1.54) is 0 Å². The fourth-order valence-electron chi connectivity index (χ4n) is 2.43. The highest BCUT2D eigenvalue weighted by Gasteiger charge is 2.14. The van der Waals surface area contributed by atoms with Crippen LogP contribution in [0.25, 0.3) is 11.1 Å². The number of hydrogen-bond acceptors (Lipinski definition) is 6. The predicted molar refractivity (Wildman–Crippen MR) is 95.2 cm³/mol. The third-order valence-corrected chi connectivity index (χ3v) is 3.49. The Hall–Kier alpha value is -3.27. The molecule has 0 bridgehead atoms. The summed E-state index contributed by atoms with van der Waals surface area (Å²) >= 11 is 0. The number of H-pyrrole nitrogens is 1. The van der Waals surface area contributed by atoms with E-state index in [0.29, 0.717) is 34.9 Å². The summed E-state index contributed by atoms with van der Waals surface area (Å²) in [5.74, 6) is 0.316. The van der Waals surface area contributed by atoms with Gasteiger partial charge in [-0.05, 0) is 44.5 Å². The van der Waals surface area contributed by atoms with Gasteiger partial charge >= 0.3 is 5.97 Å². The van der Waals surface area contributed by atoms with Gasteiger partial charge in [-0.2, -0.15) is 5.26 Å². The number of aromatic amines is 1. The molecule has 0 saturated carbocycles. The van der Waals surface area contributed by atoms with Crippen LogP contribution in [0.4, 0.5) is 0 Å². The van der Waals surface area contributed by atoms with Crippen LogP contribution in [0.1, 0.15) is 25.1 Å². The minimum atomic E-state index is -0.476. The van der Waals surface area contributed by atoms with Crippen molar-refractivity contribution in [1.82, 2.24) is 4.98 Å². The summed E-state index contributed by atoms with van der Waals surface area (Å²) in [4.78, 5) is 26.1. The van der Waals surface area contributed by atoms with Gasteiger partial charge in [0.25, 0.3) is 5.56 Å². The number of esters is 1. The van der Waals surface area contributed by atoms with Gasteiger partial charge in [-0.25, -0.2) is 4.79 Å². The molecule has 26 heavy (non-hydrogen) atoms. The first-order valence-electron chi connectivity index (χ1n) is 8.19. The van der Waals surface area contributed by atoms with E-state index in [1.807, 2.05) is 13.0 Å². The number of ether oxygens (including phenoxy) is 3. The normalized spacial score (nSPS) is 10.1. The Morgan fingerprint density at radius 1 is 1.15 bits per heavy atom. The standard InChI is InChI=1S/C19H20N2O5/c1-4-24-17-9-13(6-7-16(17)26-11-18(22)25-5-2)14-8-12(3)21-19(23)15(14)10-20/h6-9H,4-5,11H2,1-3H3,(H,21,23). The lowest BCUT2D eigenvalue weighted by molar-refractivity contribution is -0.145. The Bertz CT molecular complexity index is 896. The molecular formula is C19H20N2O5. The molecule has 0 aliphatic carbocycles. The Balaban J connectivity index is 2.41. The van der Waals surface area contributed by atoms with Crippen molar-refractivity contribution in [1.29, 1.82) is 5.26 Å². The molecule has 0 aliphatic heterocycles. The van der Waals surface area contributed by atoms with Crippen molar-refractivity contribution in [2.24, 2.45) is 0 Å². The van der Waals surface area contributed by atoms with Gasteiger partial charge in [0.15, 0.2) is 18.1 Å². The lowest BCUT2D eigenvalue weighted by Crippen LogP contribution is -2.15. The molecule has 0 saturated heterocycles. The second kappa shape index (κ2) is 8.72. The number of carbonyl (C=O) groups is 1. The largest absolute Gasteiger partial charge is 0.490 e. The molecule has 0 fully saturated rings. The Kier molecular flexibility index (Phi) is 6.39. The summed E-state index contributed by atoms with van der Waals surface area (Å²) in [5.41, 5.74) is 1.38. The van der Waals surface area contributed by atoms with E-state index in [1.54, 1.807) is 38.1 Å². The minimum Gasteiger partial charge on any atom is -0.490 e. The fraction of sp³-hybridized carbons (Fsp3) is 0.316. The van der Waals surface area contributed by atoms with Crippen LogP contribution in [0.5, 0.6) is 11.5 Å². The maximum Gasteiger partial charge on any atom is 0.344 e. The van der Waals surface area contributed by atoms with Crippen LogP contribution in [0.2, 0.25) is 0 Å². The smallest absolute Gasteiger partial charge is 0.344 e. The molecule has 1 aromatic heterocycles. The molecule has 0 spiro atoms. The lowest BCUT2D eigenvalue weighted by Gasteiger charge is -2.14. The first-order valence-corrected chi connectivity index (χ1v) is 8.19. The van der Waals surface area contributed by atoms with Gasteiger partial charge in [0, 0.05) is 11.3 Å². The third-order valence-electron chi connectivity index (χ3n) is 3.49. The molecule has 1 N–H and O–H groups in total. The monoisotopic (exact) mass is 356 g/mol. The molecule has 0 aliphatic rings. The van der Waals surface area contributed by atoms with Crippen molar-refractivity contribution in [3.8, 4) is 28.7 Å². The van der Waals surface area contributed by atoms with Gasteiger partial charge in [-0.3, -0.25) is 4.79 Å². The van der Waals surface area contributed by atoms with Gasteiger partial charge < -0.3 is 19.2 Å². The quantitative estimate of drug-likeness (QED) is 0.765. The van der Waals surface area contributed by atoms with Gasteiger partial charge in [-0.15, -0.1) is 0 Å². The fourth-order valence-corrected chi connectivity index (χ4v) is 2.43. The minimum absolute atomic E-state index is 0.0261. The Labute approximate surface area is 151 Å². The molecule has 2 rings (SSSR count). The highest BCUT2D eigenvalue weighted by Crippen LogP contribution is 2.33. The average molecular weight is 356 g/mol. The number of benzene rings is 1. The van der Waals surface area contributed by atoms with E-state index in [9.17, 15) is 14.9 Å². The molecule has 7 heteroatoms. The van der Waals surface area contributed by atoms with Crippen LogP contribution in [0, 0.1) is 18.3 Å². The van der Waals surface area contributed by atoms with Crippen molar-refractivity contribution in [2.45, 2.75) is 20.8 Å². The van der Waals surface area contributed by atoms with Crippen LogP contribution in [-0.4, -0.2) is 30.8 Å². The number of pyridine rings is 1. The van der Waals surface area contributed by atoms with Crippen molar-refractivity contribution in [3.05, 3.63) is 45.9 Å². The number of rotatable bonds is 7. The number of aryl methyl sites for hydroxylation is 1. The van der Waals surface area contributed by atoms with Gasteiger partial charge in [0.05, 0.1) is 13.2 Å². The van der Waals surface area contributed by atoms with Crippen LogP contribution < -0.4 is 15.0 Å². The van der Waals surface area contributed by atoms with Crippen molar-refractivity contribution in [3.63, 3.8) is 0 Å². The summed E-state index contributed by atoms with van der Waals surface area (Å²) in [5, 5.41) is 9.30. The Morgan fingerprint density at radius 3 is 2.58 bits per heavy atom. The topological polar surface area (TPSA) is 101 Å². The summed E-state index contributed by atoms with van der Waals surface area (Å²) in [6.45, 7) is 5.71. The van der Waals surface area contributed by atoms with E-state index in [2.05, 4.69) is 4.98 Å². The number of nitrogens with zero attached hydrogens (tertiary/aromatic N) is 1. The zero-order valence-electron chi connectivity index (χ0n) is 14.9. The predicted octanol–water partition coefficient (Wildman–Crippen LogP) is 2.56.